The molecule has 0 unspecified atom stereocenters. The largest absolute Gasteiger partial charge is 0.494 e. The van der Waals surface area contributed by atoms with Crippen molar-refractivity contribution in [3.05, 3.63) is 95.7 Å². The lowest BCUT2D eigenvalue weighted by Crippen LogP contribution is -2.30. The van der Waals surface area contributed by atoms with E-state index in [4.69, 9.17) is 9.47 Å². The van der Waals surface area contributed by atoms with Crippen molar-refractivity contribution in [3.63, 3.8) is 0 Å². The van der Waals surface area contributed by atoms with Crippen LogP contribution in [-0.2, 0) is 4.79 Å². The van der Waals surface area contributed by atoms with E-state index in [0.29, 0.717) is 24.8 Å². The molecule has 1 N–H and O–H groups in total. The normalized spacial score (nSPS) is 15.4. The monoisotopic (exact) mass is 456 g/mol. The van der Waals surface area contributed by atoms with E-state index in [-0.39, 0.29) is 11.9 Å². The van der Waals surface area contributed by atoms with Gasteiger partial charge in [-0.1, -0.05) is 38.1 Å². The van der Waals surface area contributed by atoms with Crippen LogP contribution in [0.15, 0.2) is 84.6 Å². The molecular formula is C29H32N2O3. The molecule has 0 aliphatic carbocycles. The van der Waals surface area contributed by atoms with Crippen LogP contribution < -0.4 is 19.7 Å². The predicted molar refractivity (Wildman–Crippen MR) is 138 cm³/mol. The molecule has 0 radical (unpaired) electrons. The van der Waals surface area contributed by atoms with Crippen LogP contribution in [0.4, 0.5) is 11.4 Å². The zero-order chi connectivity index (χ0) is 24.1. The number of ether oxygens (including phenoxy) is 2. The summed E-state index contributed by atoms with van der Waals surface area (Å²) in [6.07, 6.45) is 2.00. The van der Waals surface area contributed by atoms with Gasteiger partial charge < -0.3 is 14.8 Å². The van der Waals surface area contributed by atoms with Crippen molar-refractivity contribution < 1.29 is 14.3 Å². The average molecular weight is 457 g/mol. The first-order valence-corrected chi connectivity index (χ1v) is 11.9. The molecule has 0 saturated carbocycles. The van der Waals surface area contributed by atoms with Crippen LogP contribution in [0.2, 0.25) is 0 Å². The van der Waals surface area contributed by atoms with Crippen LogP contribution in [0, 0.1) is 0 Å². The summed E-state index contributed by atoms with van der Waals surface area (Å²) < 4.78 is 11.1. The van der Waals surface area contributed by atoms with Gasteiger partial charge in [0, 0.05) is 11.4 Å². The molecule has 5 nitrogen and oxygen atoms in total. The fourth-order valence-corrected chi connectivity index (χ4v) is 4.08. The maximum Gasteiger partial charge on any atom is 0.275 e. The van der Waals surface area contributed by atoms with Crippen LogP contribution in [0.1, 0.15) is 50.8 Å². The number of nitrogens with one attached hydrogen (secondary N) is 1. The van der Waals surface area contributed by atoms with E-state index in [9.17, 15) is 4.79 Å². The highest BCUT2D eigenvalue weighted by molar-refractivity contribution is 6.11. The maximum absolute atomic E-state index is 13.6. The van der Waals surface area contributed by atoms with Gasteiger partial charge in [-0.25, -0.2) is 0 Å². The van der Waals surface area contributed by atoms with E-state index < -0.39 is 0 Å². The van der Waals surface area contributed by atoms with Gasteiger partial charge in [0.1, 0.15) is 17.2 Å². The van der Waals surface area contributed by atoms with Gasteiger partial charge in [0.05, 0.1) is 19.3 Å². The van der Waals surface area contributed by atoms with Gasteiger partial charge in [0.25, 0.3) is 5.91 Å². The Morgan fingerprint density at radius 3 is 1.91 bits per heavy atom. The van der Waals surface area contributed by atoms with E-state index in [0.717, 1.165) is 28.4 Å². The highest BCUT2D eigenvalue weighted by Crippen LogP contribution is 2.37. The topological polar surface area (TPSA) is 50.8 Å². The number of hydrogen-bond donors (Lipinski definition) is 1. The Morgan fingerprint density at radius 1 is 0.824 bits per heavy atom. The molecule has 1 heterocycles. The lowest BCUT2D eigenvalue weighted by molar-refractivity contribution is -0.114. The maximum atomic E-state index is 13.6. The first-order chi connectivity index (χ1) is 16.5. The van der Waals surface area contributed by atoms with Crippen molar-refractivity contribution in [3.8, 4) is 11.5 Å². The van der Waals surface area contributed by atoms with Gasteiger partial charge in [-0.15, -0.1) is 0 Å². The van der Waals surface area contributed by atoms with E-state index in [1.165, 1.54) is 5.56 Å². The summed E-state index contributed by atoms with van der Waals surface area (Å²) in [4.78, 5) is 15.4. The molecule has 3 aromatic carbocycles. The molecule has 1 aliphatic rings. The lowest BCUT2D eigenvalue weighted by atomic mass is 9.98. The van der Waals surface area contributed by atoms with Gasteiger partial charge in [-0.3, -0.25) is 9.69 Å². The number of hydrogen-bond acceptors (Lipinski definition) is 4. The van der Waals surface area contributed by atoms with E-state index in [1.54, 1.807) is 0 Å². The zero-order valence-electron chi connectivity index (χ0n) is 20.2. The molecule has 176 valence electrons. The third kappa shape index (κ3) is 5.09. The number of rotatable bonds is 9. The summed E-state index contributed by atoms with van der Waals surface area (Å²) in [7, 11) is 0. The van der Waals surface area contributed by atoms with Gasteiger partial charge >= 0.3 is 0 Å². The standard InChI is InChI=1S/C29H32N2O3/c1-5-33-25-15-11-23(12-16-25)30-27-19-28(22-9-7-21(8-10-22)20(3)4)31(29(27)32)24-13-17-26(18-14-24)34-6-2/h7-20,28,30H,5-6H2,1-4H3/t28-/m1/s1. The second-order valence-electron chi connectivity index (χ2n) is 8.53. The first-order valence-electron chi connectivity index (χ1n) is 11.9. The fraction of sp³-hybridized carbons (Fsp3) is 0.276. The molecular weight excluding hydrogens is 424 g/mol. The summed E-state index contributed by atoms with van der Waals surface area (Å²) in [5.74, 6) is 1.97. The molecule has 1 atom stereocenters. The molecule has 3 aromatic rings. The Labute approximate surface area is 202 Å². The number of anilines is 2. The van der Waals surface area contributed by atoms with Crippen molar-refractivity contribution in [2.75, 3.05) is 23.4 Å². The summed E-state index contributed by atoms with van der Waals surface area (Å²) in [6.45, 7) is 9.49. The summed E-state index contributed by atoms with van der Waals surface area (Å²) in [5, 5.41) is 3.31. The zero-order valence-corrected chi connectivity index (χ0v) is 20.2. The van der Waals surface area contributed by atoms with Crippen molar-refractivity contribution in [1.29, 1.82) is 0 Å². The van der Waals surface area contributed by atoms with Crippen LogP contribution >= 0.6 is 0 Å². The molecule has 0 aromatic heterocycles. The predicted octanol–water partition coefficient (Wildman–Crippen LogP) is 6.69. The quantitative estimate of drug-likeness (QED) is 0.390. The van der Waals surface area contributed by atoms with Crippen LogP contribution in [0.5, 0.6) is 11.5 Å². The van der Waals surface area contributed by atoms with E-state index in [2.05, 4.69) is 43.4 Å². The third-order valence-corrected chi connectivity index (χ3v) is 5.87. The molecule has 5 heteroatoms. The molecule has 0 fully saturated rings. The molecule has 1 amide bonds. The Kier molecular flexibility index (Phi) is 7.21. The van der Waals surface area contributed by atoms with E-state index in [1.807, 2.05) is 73.4 Å². The number of nitrogens with zero attached hydrogens (tertiary/aromatic N) is 1. The van der Waals surface area contributed by atoms with Gasteiger partial charge in [0.15, 0.2) is 0 Å². The number of carbonyl (C=O) groups excluding carboxylic acids is 1. The summed E-state index contributed by atoms with van der Waals surface area (Å²) in [6, 6.07) is 23.6. The number of carbonyl (C=O) groups is 1. The Balaban J connectivity index is 1.65. The SMILES string of the molecule is CCOc1ccc(NC2=C[C@H](c3ccc(C(C)C)cc3)N(c3ccc(OCC)cc3)C2=O)cc1. The Bertz CT molecular complexity index is 1130. The van der Waals surface area contributed by atoms with E-state index >= 15 is 0 Å². The van der Waals surface area contributed by atoms with Crippen molar-refractivity contribution in [1.82, 2.24) is 0 Å². The molecule has 0 spiro atoms. The first kappa shape index (κ1) is 23.4. The van der Waals surface area contributed by atoms with Gasteiger partial charge in [-0.05, 0) is 85.5 Å². The highest BCUT2D eigenvalue weighted by Gasteiger charge is 2.34. The molecule has 0 bridgehead atoms. The number of amides is 1. The molecule has 1 aliphatic heterocycles. The lowest BCUT2D eigenvalue weighted by Gasteiger charge is -2.26. The smallest absolute Gasteiger partial charge is 0.275 e. The third-order valence-electron chi connectivity index (χ3n) is 5.87. The summed E-state index contributed by atoms with van der Waals surface area (Å²) in [5.41, 5.74) is 4.56. The van der Waals surface area contributed by atoms with Crippen LogP contribution in [-0.4, -0.2) is 19.1 Å². The minimum Gasteiger partial charge on any atom is -0.494 e. The minimum absolute atomic E-state index is 0.0732. The average Bonchev–Trinajstić information content (AvgIpc) is 3.17. The fourth-order valence-electron chi connectivity index (χ4n) is 4.08. The van der Waals surface area contributed by atoms with Crippen LogP contribution in [0.25, 0.3) is 0 Å². The Hall–Kier alpha value is -3.73. The molecule has 34 heavy (non-hydrogen) atoms. The van der Waals surface area contributed by atoms with Crippen molar-refractivity contribution in [2.24, 2.45) is 0 Å². The highest BCUT2D eigenvalue weighted by atomic mass is 16.5. The Morgan fingerprint density at radius 2 is 1.38 bits per heavy atom. The van der Waals surface area contributed by atoms with Gasteiger partial charge in [0.2, 0.25) is 0 Å². The molecule has 0 saturated heterocycles. The van der Waals surface area contributed by atoms with Crippen molar-refractivity contribution >= 4 is 17.3 Å². The summed E-state index contributed by atoms with van der Waals surface area (Å²) >= 11 is 0. The van der Waals surface area contributed by atoms with Gasteiger partial charge in [-0.2, -0.15) is 0 Å². The molecule has 4 rings (SSSR count). The number of benzene rings is 3. The second kappa shape index (κ2) is 10.5. The van der Waals surface area contributed by atoms with Crippen LogP contribution in [0.3, 0.4) is 0 Å². The minimum atomic E-state index is -0.211. The second-order valence-corrected chi connectivity index (χ2v) is 8.53. The van der Waals surface area contributed by atoms with Crippen molar-refractivity contribution in [2.45, 2.75) is 39.7 Å².